The quantitative estimate of drug-likeness (QED) is 0.523. The van der Waals surface area contributed by atoms with Crippen molar-refractivity contribution in [3.8, 4) is 11.3 Å². The summed E-state index contributed by atoms with van der Waals surface area (Å²) in [5, 5.41) is 0. The number of aromatic nitrogens is 1. The fraction of sp³-hybridized carbons (Fsp3) is 0.375. The third-order valence-corrected chi connectivity index (χ3v) is 4.13. The molecule has 2 heteroatoms. The molecule has 0 unspecified atom stereocenters. The van der Waals surface area contributed by atoms with Crippen LogP contribution in [-0.2, 0) is 0 Å². The minimum Gasteiger partial charge on any atom is -0.361 e. The number of benzene rings is 1. The highest BCUT2D eigenvalue weighted by atomic mass is 32.2. The number of unbranched alkanes of at least 4 members (excludes halogenated alkanes) is 3. The van der Waals surface area contributed by atoms with E-state index in [4.69, 9.17) is 0 Å². The van der Waals surface area contributed by atoms with Gasteiger partial charge in [-0.1, -0.05) is 38.3 Å². The highest BCUT2D eigenvalue weighted by Gasteiger charge is 1.98. The Morgan fingerprint density at radius 2 is 1.83 bits per heavy atom. The first-order chi connectivity index (χ1) is 8.90. The van der Waals surface area contributed by atoms with Gasteiger partial charge in [-0.05, 0) is 42.0 Å². The van der Waals surface area contributed by atoms with E-state index in [1.165, 1.54) is 47.6 Å². The van der Waals surface area contributed by atoms with E-state index in [-0.39, 0.29) is 0 Å². The molecule has 2 rings (SSSR count). The summed E-state index contributed by atoms with van der Waals surface area (Å²) < 4.78 is 0. The van der Waals surface area contributed by atoms with Crippen molar-refractivity contribution in [2.24, 2.45) is 0 Å². The molecular weight excluding hydrogens is 238 g/mol. The van der Waals surface area contributed by atoms with E-state index in [9.17, 15) is 0 Å². The second kappa shape index (κ2) is 7.32. The average molecular weight is 259 g/mol. The molecule has 0 aliphatic carbocycles. The smallest absolute Gasteiger partial charge is 0.0453 e. The first kappa shape index (κ1) is 13.3. The van der Waals surface area contributed by atoms with Crippen molar-refractivity contribution in [2.75, 3.05) is 5.75 Å². The van der Waals surface area contributed by atoms with Crippen LogP contribution in [0.1, 0.15) is 32.6 Å². The molecule has 1 aromatic heterocycles. The SMILES string of the molecule is CCCCCCSc1ccc(-c2ccc[nH]2)cc1. The second-order valence-corrected chi connectivity index (χ2v) is 5.69. The average Bonchev–Trinajstić information content (AvgIpc) is 2.93. The molecule has 0 fully saturated rings. The van der Waals surface area contributed by atoms with Gasteiger partial charge in [0.25, 0.3) is 0 Å². The zero-order valence-corrected chi connectivity index (χ0v) is 11.8. The Kier molecular flexibility index (Phi) is 5.40. The van der Waals surface area contributed by atoms with Crippen molar-refractivity contribution in [2.45, 2.75) is 37.5 Å². The fourth-order valence-corrected chi connectivity index (χ4v) is 2.87. The Morgan fingerprint density at radius 1 is 1.00 bits per heavy atom. The summed E-state index contributed by atoms with van der Waals surface area (Å²) >= 11 is 1.97. The summed E-state index contributed by atoms with van der Waals surface area (Å²) in [6.45, 7) is 2.26. The van der Waals surface area contributed by atoms with E-state index >= 15 is 0 Å². The molecule has 1 heterocycles. The van der Waals surface area contributed by atoms with Gasteiger partial charge in [0.15, 0.2) is 0 Å². The molecule has 2 aromatic rings. The van der Waals surface area contributed by atoms with Gasteiger partial charge in [0.05, 0.1) is 0 Å². The standard InChI is InChI=1S/C16H21NS/c1-2-3-4-5-13-18-15-10-8-14(9-11-15)16-7-6-12-17-16/h6-12,17H,2-5,13H2,1H3. The Morgan fingerprint density at radius 3 is 2.50 bits per heavy atom. The van der Waals surface area contributed by atoms with Gasteiger partial charge in [0.2, 0.25) is 0 Å². The number of H-pyrrole nitrogens is 1. The van der Waals surface area contributed by atoms with E-state index < -0.39 is 0 Å². The molecular formula is C16H21NS. The maximum atomic E-state index is 3.23. The molecule has 0 aliphatic heterocycles. The van der Waals surface area contributed by atoms with Crippen LogP contribution in [0.15, 0.2) is 47.5 Å². The molecule has 1 nitrogen and oxygen atoms in total. The number of hydrogen-bond donors (Lipinski definition) is 1. The Bertz CT molecular complexity index is 431. The molecule has 0 atom stereocenters. The summed E-state index contributed by atoms with van der Waals surface area (Å²) in [4.78, 5) is 4.61. The summed E-state index contributed by atoms with van der Waals surface area (Å²) in [6, 6.07) is 13.0. The number of hydrogen-bond acceptors (Lipinski definition) is 1. The topological polar surface area (TPSA) is 15.8 Å². The highest BCUT2D eigenvalue weighted by molar-refractivity contribution is 7.99. The number of rotatable bonds is 7. The monoisotopic (exact) mass is 259 g/mol. The van der Waals surface area contributed by atoms with Crippen molar-refractivity contribution >= 4 is 11.8 Å². The van der Waals surface area contributed by atoms with E-state index in [1.807, 2.05) is 24.0 Å². The summed E-state index contributed by atoms with van der Waals surface area (Å²) in [5.74, 6) is 1.24. The van der Waals surface area contributed by atoms with Crippen LogP contribution in [0.5, 0.6) is 0 Å². The van der Waals surface area contributed by atoms with Gasteiger partial charge in [-0.25, -0.2) is 0 Å². The third-order valence-electron chi connectivity index (χ3n) is 3.03. The van der Waals surface area contributed by atoms with Crippen LogP contribution in [0.3, 0.4) is 0 Å². The molecule has 0 amide bonds. The van der Waals surface area contributed by atoms with Gasteiger partial charge in [-0.2, -0.15) is 0 Å². The second-order valence-electron chi connectivity index (χ2n) is 4.52. The Balaban J connectivity index is 1.81. The van der Waals surface area contributed by atoms with Crippen LogP contribution in [-0.4, -0.2) is 10.7 Å². The van der Waals surface area contributed by atoms with Crippen molar-refractivity contribution < 1.29 is 0 Å². The maximum Gasteiger partial charge on any atom is 0.0453 e. The fourth-order valence-electron chi connectivity index (χ4n) is 1.96. The van der Waals surface area contributed by atoms with Crippen LogP contribution in [0.25, 0.3) is 11.3 Å². The first-order valence-corrected chi connectivity index (χ1v) is 7.75. The summed E-state index contributed by atoms with van der Waals surface area (Å²) in [7, 11) is 0. The lowest BCUT2D eigenvalue weighted by atomic mass is 10.2. The van der Waals surface area contributed by atoms with E-state index in [2.05, 4.69) is 42.2 Å². The molecule has 0 saturated heterocycles. The van der Waals surface area contributed by atoms with Crippen molar-refractivity contribution in [1.82, 2.24) is 4.98 Å². The van der Waals surface area contributed by atoms with Gasteiger partial charge in [0, 0.05) is 16.8 Å². The lowest BCUT2D eigenvalue weighted by Crippen LogP contribution is -1.82. The molecule has 1 N–H and O–H groups in total. The zero-order valence-electron chi connectivity index (χ0n) is 11.0. The Labute approximate surface area is 114 Å². The molecule has 0 aliphatic rings. The predicted octanol–water partition coefficient (Wildman–Crippen LogP) is 5.35. The summed E-state index contributed by atoms with van der Waals surface area (Å²) in [6.07, 6.45) is 7.34. The minimum atomic E-state index is 1.19. The van der Waals surface area contributed by atoms with Gasteiger partial charge >= 0.3 is 0 Å². The summed E-state index contributed by atoms with van der Waals surface area (Å²) in [5.41, 5.74) is 2.45. The van der Waals surface area contributed by atoms with E-state index in [0.717, 1.165) is 0 Å². The van der Waals surface area contributed by atoms with Gasteiger partial charge in [-0.15, -0.1) is 11.8 Å². The van der Waals surface area contributed by atoms with Gasteiger partial charge in [-0.3, -0.25) is 0 Å². The van der Waals surface area contributed by atoms with Gasteiger partial charge < -0.3 is 4.98 Å². The normalized spacial score (nSPS) is 10.7. The largest absolute Gasteiger partial charge is 0.361 e. The van der Waals surface area contributed by atoms with Crippen molar-refractivity contribution in [3.63, 3.8) is 0 Å². The van der Waals surface area contributed by atoms with E-state index in [1.54, 1.807) is 0 Å². The molecule has 0 radical (unpaired) electrons. The van der Waals surface area contributed by atoms with Crippen LogP contribution >= 0.6 is 11.8 Å². The molecule has 18 heavy (non-hydrogen) atoms. The number of aromatic amines is 1. The zero-order chi connectivity index (χ0) is 12.6. The van der Waals surface area contributed by atoms with Crippen molar-refractivity contribution in [3.05, 3.63) is 42.6 Å². The first-order valence-electron chi connectivity index (χ1n) is 6.77. The number of thioether (sulfide) groups is 1. The number of nitrogens with one attached hydrogen (secondary N) is 1. The molecule has 0 spiro atoms. The minimum absolute atomic E-state index is 1.19. The third kappa shape index (κ3) is 3.95. The Hall–Kier alpha value is -1.15. The molecule has 0 bridgehead atoms. The molecule has 1 aromatic carbocycles. The molecule has 96 valence electrons. The predicted molar refractivity (Wildman–Crippen MR) is 81.1 cm³/mol. The lowest BCUT2D eigenvalue weighted by Gasteiger charge is -2.03. The van der Waals surface area contributed by atoms with Crippen molar-refractivity contribution in [1.29, 1.82) is 0 Å². The van der Waals surface area contributed by atoms with Crippen LogP contribution in [0, 0.1) is 0 Å². The van der Waals surface area contributed by atoms with Gasteiger partial charge in [0.1, 0.15) is 0 Å². The lowest BCUT2D eigenvalue weighted by molar-refractivity contribution is 0.706. The molecule has 0 saturated carbocycles. The van der Waals surface area contributed by atoms with Crippen LogP contribution < -0.4 is 0 Å². The van der Waals surface area contributed by atoms with E-state index in [0.29, 0.717) is 0 Å². The van der Waals surface area contributed by atoms with Crippen LogP contribution in [0.2, 0.25) is 0 Å². The maximum absolute atomic E-state index is 3.23. The van der Waals surface area contributed by atoms with Crippen LogP contribution in [0.4, 0.5) is 0 Å². The highest BCUT2D eigenvalue weighted by Crippen LogP contribution is 2.24.